The van der Waals surface area contributed by atoms with Crippen molar-refractivity contribution in [1.82, 2.24) is 10.2 Å². The van der Waals surface area contributed by atoms with Gasteiger partial charge in [-0.2, -0.15) is 0 Å². The van der Waals surface area contributed by atoms with Crippen molar-refractivity contribution in [2.45, 2.75) is 75.9 Å². The van der Waals surface area contributed by atoms with Crippen molar-refractivity contribution in [2.75, 3.05) is 46.3 Å². The third-order valence-electron chi connectivity index (χ3n) is 10.8. The summed E-state index contributed by atoms with van der Waals surface area (Å²) in [4.78, 5) is 15.9. The van der Waals surface area contributed by atoms with Crippen molar-refractivity contribution in [3.63, 3.8) is 0 Å². The molecule has 46 heavy (non-hydrogen) atoms. The summed E-state index contributed by atoms with van der Waals surface area (Å²) in [6.07, 6.45) is 6.87. The molecule has 1 unspecified atom stereocenters. The fourth-order valence-corrected chi connectivity index (χ4v) is 8.39. The van der Waals surface area contributed by atoms with Crippen molar-refractivity contribution >= 4 is 29.1 Å². The SMILES string of the molecule is CC(C)Oc1cccc(CC(=O)N2CCCC(CC[N+]3(C)CCC4(CC3)NCCc3ccccc34)(c3ccc(Cl)c(Cl)c3)C2)c1.[I-]. The van der Waals surface area contributed by atoms with Crippen LogP contribution >= 0.6 is 23.2 Å². The smallest absolute Gasteiger partial charge is 0.227 e. The third kappa shape index (κ3) is 7.72. The van der Waals surface area contributed by atoms with Gasteiger partial charge in [0.1, 0.15) is 5.75 Å². The highest BCUT2D eigenvalue weighted by Crippen LogP contribution is 2.43. The van der Waals surface area contributed by atoms with E-state index in [4.69, 9.17) is 27.9 Å². The number of rotatable bonds is 8. The van der Waals surface area contributed by atoms with E-state index < -0.39 is 0 Å². The lowest BCUT2D eigenvalue weighted by Crippen LogP contribution is -3.00. The van der Waals surface area contributed by atoms with Gasteiger partial charge in [-0.05, 0) is 79.6 Å². The molecule has 2 fully saturated rings. The molecule has 0 aromatic heterocycles. The van der Waals surface area contributed by atoms with Gasteiger partial charge in [-0.3, -0.25) is 4.79 Å². The first-order valence-electron chi connectivity index (χ1n) is 16.7. The molecule has 3 aromatic carbocycles. The van der Waals surface area contributed by atoms with Crippen molar-refractivity contribution in [3.8, 4) is 5.75 Å². The van der Waals surface area contributed by atoms with Gasteiger partial charge in [-0.1, -0.05) is 65.7 Å². The summed E-state index contributed by atoms with van der Waals surface area (Å²) in [5.74, 6) is 0.981. The summed E-state index contributed by atoms with van der Waals surface area (Å²) >= 11 is 13.0. The maximum atomic E-state index is 13.8. The van der Waals surface area contributed by atoms with E-state index in [2.05, 4.69) is 53.7 Å². The molecule has 0 saturated carbocycles. The van der Waals surface area contributed by atoms with Crippen molar-refractivity contribution in [3.05, 3.63) is 99.0 Å². The van der Waals surface area contributed by atoms with Crippen LogP contribution in [0.5, 0.6) is 5.75 Å². The molecule has 2 saturated heterocycles. The Morgan fingerprint density at radius 3 is 2.54 bits per heavy atom. The van der Waals surface area contributed by atoms with Gasteiger partial charge in [0, 0.05) is 44.3 Å². The van der Waals surface area contributed by atoms with Gasteiger partial charge < -0.3 is 43.4 Å². The lowest BCUT2D eigenvalue weighted by molar-refractivity contribution is -0.916. The van der Waals surface area contributed by atoms with E-state index >= 15 is 0 Å². The Morgan fingerprint density at radius 1 is 1.00 bits per heavy atom. The second kappa shape index (κ2) is 14.7. The van der Waals surface area contributed by atoms with E-state index in [-0.39, 0.29) is 46.9 Å². The molecule has 1 N–H and O–H groups in total. The zero-order valence-electron chi connectivity index (χ0n) is 27.5. The summed E-state index contributed by atoms with van der Waals surface area (Å²) in [5.41, 5.74) is 5.14. The van der Waals surface area contributed by atoms with Gasteiger partial charge in [-0.25, -0.2) is 0 Å². The summed E-state index contributed by atoms with van der Waals surface area (Å²) in [6, 6.07) is 23.1. The normalized spacial score (nSPS) is 26.0. The van der Waals surface area contributed by atoms with Gasteiger partial charge in [0.05, 0.1) is 54.8 Å². The predicted octanol–water partition coefficient (Wildman–Crippen LogP) is 4.56. The molecule has 8 heteroatoms. The van der Waals surface area contributed by atoms with Gasteiger partial charge in [-0.15, -0.1) is 0 Å². The highest BCUT2D eigenvalue weighted by Gasteiger charge is 2.46. The van der Waals surface area contributed by atoms with E-state index in [0.29, 0.717) is 23.0 Å². The van der Waals surface area contributed by atoms with E-state index in [1.54, 1.807) is 0 Å². The summed E-state index contributed by atoms with van der Waals surface area (Å²) in [6.45, 7) is 9.91. The number of likely N-dealkylation sites (tertiary alicyclic amines) is 2. The second-order valence-corrected chi connectivity index (χ2v) is 15.1. The fourth-order valence-electron chi connectivity index (χ4n) is 8.09. The number of piperidine rings is 2. The molecule has 248 valence electrons. The highest BCUT2D eigenvalue weighted by molar-refractivity contribution is 6.42. The molecule has 0 radical (unpaired) electrons. The summed E-state index contributed by atoms with van der Waals surface area (Å²) in [7, 11) is 2.43. The minimum atomic E-state index is -0.170. The van der Waals surface area contributed by atoms with E-state index in [1.165, 1.54) is 16.7 Å². The Balaban J connectivity index is 0.00000417. The second-order valence-electron chi connectivity index (χ2n) is 14.3. The van der Waals surface area contributed by atoms with Crippen LogP contribution in [0.15, 0.2) is 66.7 Å². The first-order valence-corrected chi connectivity index (χ1v) is 17.5. The molecule has 3 aliphatic rings. The number of carbonyl (C=O) groups is 1. The minimum Gasteiger partial charge on any atom is -1.00 e. The third-order valence-corrected chi connectivity index (χ3v) is 11.5. The van der Waals surface area contributed by atoms with Crippen LogP contribution in [0.3, 0.4) is 0 Å². The Kier molecular flexibility index (Phi) is 11.4. The van der Waals surface area contributed by atoms with Gasteiger partial charge >= 0.3 is 0 Å². The van der Waals surface area contributed by atoms with Gasteiger partial charge in [0.2, 0.25) is 5.91 Å². The Labute approximate surface area is 302 Å². The highest BCUT2D eigenvalue weighted by atomic mass is 127. The van der Waals surface area contributed by atoms with E-state index in [0.717, 1.165) is 87.0 Å². The zero-order chi connectivity index (χ0) is 31.7. The number of quaternary nitrogens is 1. The Morgan fingerprint density at radius 2 is 1.78 bits per heavy atom. The molecule has 3 heterocycles. The predicted molar refractivity (Wildman–Crippen MR) is 184 cm³/mol. The Hall–Kier alpha value is -1.84. The number of fused-ring (bicyclic) bond motifs is 2. The summed E-state index contributed by atoms with van der Waals surface area (Å²) in [5, 5.41) is 5.10. The van der Waals surface area contributed by atoms with Crippen LogP contribution in [0, 0.1) is 0 Å². The lowest BCUT2D eigenvalue weighted by atomic mass is 9.70. The molecule has 1 amide bonds. The fraction of sp³-hybridized carbons (Fsp3) is 0.500. The maximum Gasteiger partial charge on any atom is 0.227 e. The number of halogens is 3. The van der Waals surface area contributed by atoms with Crippen molar-refractivity contribution in [2.24, 2.45) is 0 Å². The number of carbonyl (C=O) groups excluding carboxylic acids is 1. The largest absolute Gasteiger partial charge is 1.00 e. The van der Waals surface area contributed by atoms with Gasteiger partial charge in [0.25, 0.3) is 0 Å². The van der Waals surface area contributed by atoms with Crippen LogP contribution in [0.25, 0.3) is 0 Å². The topological polar surface area (TPSA) is 41.6 Å². The number of nitrogens with one attached hydrogen (secondary N) is 1. The van der Waals surface area contributed by atoms with Crippen molar-refractivity contribution < 1.29 is 38.0 Å². The standard InChI is InChI=1S/C38H48Cl2N3O2.HI/c1-28(2)45-32-10-6-8-29(24-32)25-36(44)42-20-7-15-37(27-42,31-12-13-34(39)35(40)26-31)16-21-43(3)22-17-38(18-23-43)33-11-5-4-9-30(33)14-19-41-38;/h4-6,8-13,24,26,28,41H,7,14-23,25,27H2,1-3H3;1H/q+1;/p-1. The van der Waals surface area contributed by atoms with Crippen LogP contribution in [0.4, 0.5) is 0 Å². The van der Waals surface area contributed by atoms with E-state index in [9.17, 15) is 4.79 Å². The van der Waals surface area contributed by atoms with E-state index in [1.807, 2.05) is 44.2 Å². The lowest BCUT2D eigenvalue weighted by Gasteiger charge is -2.51. The monoisotopic (exact) mass is 775 g/mol. The number of ether oxygens (including phenoxy) is 1. The molecular formula is C38H48Cl2IN3O2. The number of hydrogen-bond acceptors (Lipinski definition) is 3. The molecule has 3 aromatic rings. The van der Waals surface area contributed by atoms with Gasteiger partial charge in [0.15, 0.2) is 0 Å². The molecule has 3 aliphatic heterocycles. The molecule has 1 atom stereocenters. The average Bonchev–Trinajstić information content (AvgIpc) is 3.03. The molecule has 5 nitrogen and oxygen atoms in total. The number of benzene rings is 3. The first-order chi connectivity index (χ1) is 21.6. The van der Waals surface area contributed by atoms with Crippen LogP contribution in [-0.2, 0) is 28.6 Å². The number of hydrogen-bond donors (Lipinski definition) is 1. The summed E-state index contributed by atoms with van der Waals surface area (Å²) < 4.78 is 6.94. The quantitative estimate of drug-likeness (QED) is 0.270. The molecule has 1 spiro atoms. The first kappa shape index (κ1) is 35.5. The molecule has 0 aliphatic carbocycles. The van der Waals surface area contributed by atoms with Crippen LogP contribution in [0.2, 0.25) is 10.0 Å². The van der Waals surface area contributed by atoms with Crippen LogP contribution in [0.1, 0.15) is 68.2 Å². The average molecular weight is 777 g/mol. The molecular weight excluding hydrogens is 728 g/mol. The Bertz CT molecular complexity index is 1520. The molecule has 0 bridgehead atoms. The van der Waals surface area contributed by atoms with Crippen LogP contribution < -0.4 is 34.0 Å². The minimum absolute atomic E-state index is 0. The molecule has 6 rings (SSSR count). The van der Waals surface area contributed by atoms with Crippen molar-refractivity contribution in [1.29, 1.82) is 0 Å². The number of nitrogens with zero attached hydrogens (tertiary/aromatic N) is 2. The van der Waals surface area contributed by atoms with Crippen LogP contribution in [-0.4, -0.2) is 67.7 Å². The zero-order valence-corrected chi connectivity index (χ0v) is 31.1. The number of amides is 1. The maximum absolute atomic E-state index is 13.8.